The number of amides is 2. The molecule has 0 aliphatic carbocycles. The normalized spacial score (nSPS) is 17.3. The quantitative estimate of drug-likeness (QED) is 0.308. The van der Waals surface area contributed by atoms with Crippen molar-refractivity contribution in [3.8, 4) is 0 Å². The first-order valence-corrected chi connectivity index (χ1v) is 14.1. The monoisotopic (exact) mass is 557 g/mol. The third kappa shape index (κ3) is 6.73. The summed E-state index contributed by atoms with van der Waals surface area (Å²) in [5.74, 6) is -0.182. The summed E-state index contributed by atoms with van der Waals surface area (Å²) in [5.41, 5.74) is 2.82. The molecule has 3 aromatic rings. The van der Waals surface area contributed by atoms with E-state index in [9.17, 15) is 18.4 Å². The number of carbonyl (C=O) groups excluding carboxylic acids is 2. The summed E-state index contributed by atoms with van der Waals surface area (Å²) < 4.78 is 28.3. The lowest BCUT2D eigenvalue weighted by Gasteiger charge is -2.28. The fraction of sp³-hybridized carbons (Fsp3) is 0.483. The van der Waals surface area contributed by atoms with E-state index in [1.807, 2.05) is 16.7 Å². The molecule has 0 bridgehead atoms. The molecule has 4 rings (SSSR count). The Morgan fingerprint density at radius 3 is 2.64 bits per heavy atom. The fourth-order valence-corrected chi connectivity index (χ4v) is 5.49. The van der Waals surface area contributed by atoms with Gasteiger partial charge in [-0.2, -0.15) is 0 Å². The minimum absolute atomic E-state index is 0.00207. The zero-order valence-electron chi connectivity index (χ0n) is 23.0. The lowest BCUT2D eigenvalue weighted by atomic mass is 9.88. The molecule has 7 nitrogen and oxygen atoms in total. The number of carbonyl (C=O) groups is 2. The molecule has 39 heavy (non-hydrogen) atoms. The molecule has 2 aromatic heterocycles. The number of fused-ring (bicyclic) bond motifs is 1. The number of hydrogen-bond acceptors (Lipinski definition) is 5. The Kier molecular flexibility index (Phi) is 8.86. The number of likely N-dealkylation sites (tertiary alicyclic amines) is 1. The summed E-state index contributed by atoms with van der Waals surface area (Å²) in [5, 5.41) is 6.46. The van der Waals surface area contributed by atoms with E-state index < -0.39 is 12.3 Å². The van der Waals surface area contributed by atoms with Gasteiger partial charge in [0.25, 0.3) is 12.3 Å². The van der Waals surface area contributed by atoms with Crippen LogP contribution in [-0.2, 0) is 11.3 Å². The van der Waals surface area contributed by atoms with Crippen molar-refractivity contribution in [2.75, 3.05) is 18.4 Å². The second kappa shape index (κ2) is 12.0. The maximum absolute atomic E-state index is 13.1. The summed E-state index contributed by atoms with van der Waals surface area (Å²) in [4.78, 5) is 31.9. The van der Waals surface area contributed by atoms with Crippen molar-refractivity contribution in [3.63, 3.8) is 0 Å². The third-order valence-corrected chi connectivity index (χ3v) is 8.60. The molecule has 2 atom stereocenters. The third-order valence-electron chi connectivity index (χ3n) is 7.51. The van der Waals surface area contributed by atoms with Gasteiger partial charge in [-0.15, -0.1) is 11.3 Å². The van der Waals surface area contributed by atoms with Crippen LogP contribution < -0.4 is 10.6 Å². The molecule has 0 saturated carbocycles. The Morgan fingerprint density at radius 1 is 1.21 bits per heavy atom. The average Bonchev–Trinajstić information content (AvgIpc) is 3.44. The van der Waals surface area contributed by atoms with E-state index in [4.69, 9.17) is 4.98 Å². The number of nitrogens with one attached hydrogen (secondary N) is 2. The van der Waals surface area contributed by atoms with Crippen LogP contribution in [0.3, 0.4) is 0 Å². The Balaban J connectivity index is 1.65. The van der Waals surface area contributed by atoms with Crippen LogP contribution in [0, 0.1) is 5.41 Å². The highest BCUT2D eigenvalue weighted by molar-refractivity contribution is 7.14. The molecule has 0 unspecified atom stereocenters. The minimum Gasteiger partial charge on any atom is -0.339 e. The second-order valence-electron chi connectivity index (χ2n) is 11.2. The predicted octanol–water partition coefficient (Wildman–Crippen LogP) is 6.55. The van der Waals surface area contributed by atoms with Crippen LogP contribution in [0.1, 0.15) is 79.5 Å². The van der Waals surface area contributed by atoms with Crippen LogP contribution in [0.4, 0.5) is 14.7 Å². The van der Waals surface area contributed by atoms with Crippen LogP contribution in [0.15, 0.2) is 43.0 Å². The van der Waals surface area contributed by atoms with Gasteiger partial charge in [0.1, 0.15) is 0 Å². The van der Waals surface area contributed by atoms with Crippen molar-refractivity contribution < 1.29 is 18.4 Å². The van der Waals surface area contributed by atoms with Crippen LogP contribution in [0.2, 0.25) is 0 Å². The van der Waals surface area contributed by atoms with E-state index in [0.29, 0.717) is 38.0 Å². The van der Waals surface area contributed by atoms with E-state index in [-0.39, 0.29) is 27.1 Å². The van der Waals surface area contributed by atoms with Crippen molar-refractivity contribution in [1.29, 1.82) is 0 Å². The van der Waals surface area contributed by atoms with Gasteiger partial charge in [-0.25, -0.2) is 13.8 Å². The zero-order chi connectivity index (χ0) is 28.3. The van der Waals surface area contributed by atoms with Crippen molar-refractivity contribution in [2.45, 2.75) is 72.0 Å². The molecule has 210 valence electrons. The summed E-state index contributed by atoms with van der Waals surface area (Å²) in [6.45, 7) is 14.2. The molecule has 2 N–H and O–H groups in total. The molecule has 1 aliphatic heterocycles. The Morgan fingerprint density at radius 2 is 1.97 bits per heavy atom. The van der Waals surface area contributed by atoms with E-state index in [1.54, 1.807) is 4.90 Å². The summed E-state index contributed by atoms with van der Waals surface area (Å²) in [7, 11) is 0. The van der Waals surface area contributed by atoms with Crippen molar-refractivity contribution >= 4 is 40.1 Å². The largest absolute Gasteiger partial charge is 0.339 e. The summed E-state index contributed by atoms with van der Waals surface area (Å²) in [6.07, 6.45) is 1.00. The highest BCUT2D eigenvalue weighted by atomic mass is 32.1. The number of nitrogens with zero attached hydrogens (tertiary/aromatic N) is 3. The Hall–Kier alpha value is -3.11. The van der Waals surface area contributed by atoms with Crippen LogP contribution >= 0.6 is 11.3 Å². The predicted molar refractivity (Wildman–Crippen MR) is 152 cm³/mol. The van der Waals surface area contributed by atoms with Crippen LogP contribution in [0.5, 0.6) is 0 Å². The van der Waals surface area contributed by atoms with Gasteiger partial charge in [0.05, 0.1) is 20.8 Å². The number of benzene rings is 1. The molecular formula is C29H37F2N5O2S. The summed E-state index contributed by atoms with van der Waals surface area (Å²) in [6, 6.07) is 9.10. The van der Waals surface area contributed by atoms with Crippen molar-refractivity contribution in [1.82, 2.24) is 19.8 Å². The molecule has 0 spiro atoms. The number of alkyl halides is 2. The first-order chi connectivity index (χ1) is 18.5. The topological polar surface area (TPSA) is 79.3 Å². The molecule has 1 aromatic carbocycles. The number of hydrogen-bond donors (Lipinski definition) is 2. The van der Waals surface area contributed by atoms with Crippen molar-refractivity contribution in [3.05, 3.63) is 58.3 Å². The number of halogens is 2. The van der Waals surface area contributed by atoms with Gasteiger partial charge >= 0.3 is 0 Å². The van der Waals surface area contributed by atoms with Crippen LogP contribution in [0.25, 0.3) is 11.0 Å². The van der Waals surface area contributed by atoms with Gasteiger partial charge in [-0.05, 0) is 67.5 Å². The fourth-order valence-electron chi connectivity index (χ4n) is 4.73. The van der Waals surface area contributed by atoms with Gasteiger partial charge in [0.15, 0.2) is 0 Å². The van der Waals surface area contributed by atoms with E-state index >= 15 is 0 Å². The molecule has 3 heterocycles. The molecule has 1 aliphatic rings. The molecule has 2 amide bonds. The molecule has 1 fully saturated rings. The lowest BCUT2D eigenvalue weighted by molar-refractivity contribution is -0.125. The standard InChI is InChI=1S/C29H37F2N5O2S/c1-6-25(37)35-14-7-8-20(13-15-35)36-22-10-9-19(17-32-18(2)29(3,4)5)16-21(22)33-28(36)34-27(38)24-12-11-23(39-24)26(30)31/h6,9-12,16,18,20,26,32H,1,7-8,13-15,17H2,2-5H3,(H,33,34,38)/t18-,20+/m0/s1. The Labute approximate surface area is 232 Å². The van der Waals surface area contributed by atoms with Gasteiger partial charge < -0.3 is 14.8 Å². The van der Waals surface area contributed by atoms with E-state index in [2.05, 4.69) is 51.0 Å². The van der Waals surface area contributed by atoms with Gasteiger partial charge in [0.2, 0.25) is 11.9 Å². The van der Waals surface area contributed by atoms with Gasteiger partial charge in [0, 0.05) is 31.7 Å². The Bertz CT molecular complexity index is 1340. The molecule has 10 heteroatoms. The molecule has 0 radical (unpaired) electrons. The first kappa shape index (κ1) is 28.9. The maximum atomic E-state index is 13.1. The first-order valence-electron chi connectivity index (χ1n) is 13.3. The lowest BCUT2D eigenvalue weighted by Crippen LogP contribution is -2.37. The van der Waals surface area contributed by atoms with E-state index in [0.717, 1.165) is 40.8 Å². The average molecular weight is 558 g/mol. The number of rotatable bonds is 8. The zero-order valence-corrected chi connectivity index (χ0v) is 23.8. The second-order valence-corrected chi connectivity index (χ2v) is 12.3. The number of thiophene rings is 1. The summed E-state index contributed by atoms with van der Waals surface area (Å²) >= 11 is 0.779. The number of imidazole rings is 1. The minimum atomic E-state index is -2.62. The highest BCUT2D eigenvalue weighted by Crippen LogP contribution is 2.33. The highest BCUT2D eigenvalue weighted by Gasteiger charge is 2.26. The van der Waals surface area contributed by atoms with Crippen molar-refractivity contribution in [2.24, 2.45) is 5.41 Å². The number of aromatic nitrogens is 2. The van der Waals surface area contributed by atoms with Crippen LogP contribution in [-0.4, -0.2) is 45.4 Å². The number of anilines is 1. The van der Waals surface area contributed by atoms with Gasteiger partial charge in [-0.1, -0.05) is 33.4 Å². The maximum Gasteiger partial charge on any atom is 0.272 e. The van der Waals surface area contributed by atoms with Gasteiger partial charge in [-0.3, -0.25) is 14.9 Å². The SMILES string of the molecule is C=CC(=O)N1CCC[C@@H](n2c(NC(=O)c3ccc(C(F)F)s3)nc3cc(CN[C@@H](C)C(C)(C)C)ccc32)CC1. The molecular weight excluding hydrogens is 520 g/mol. The van der Waals surface area contributed by atoms with E-state index in [1.165, 1.54) is 18.2 Å². The molecule has 1 saturated heterocycles. The smallest absolute Gasteiger partial charge is 0.272 e.